The molecular formula is C64H45N3. The fraction of sp³-hybridized carbons (Fsp3) is 0.0781. The van der Waals surface area contributed by atoms with Crippen LogP contribution >= 0.6 is 0 Å². The van der Waals surface area contributed by atoms with Gasteiger partial charge in [-0.3, -0.25) is 4.98 Å². The third-order valence-electron chi connectivity index (χ3n) is 15.1. The first-order valence-electron chi connectivity index (χ1n) is 23.7. The minimum absolute atomic E-state index is 0.0224. The van der Waals surface area contributed by atoms with Gasteiger partial charge in [0.15, 0.2) is 0 Å². The Balaban J connectivity index is 0.920. The second-order valence-corrected chi connectivity index (χ2v) is 18.7. The summed E-state index contributed by atoms with van der Waals surface area (Å²) in [6, 6.07) is 81.3. The molecule has 1 saturated carbocycles. The maximum atomic E-state index is 4.62. The van der Waals surface area contributed by atoms with Crippen molar-refractivity contribution in [2.75, 3.05) is 0 Å². The predicted octanol–water partition coefficient (Wildman–Crippen LogP) is 16.8. The first-order valence-corrected chi connectivity index (χ1v) is 23.7. The van der Waals surface area contributed by atoms with Crippen LogP contribution in [0, 0.1) is 0 Å². The normalized spacial score (nSPS) is 13.9. The number of fused-ring (bicyclic) bond motifs is 11. The number of hydrogen-bond acceptors (Lipinski definition) is 1. The summed E-state index contributed by atoms with van der Waals surface area (Å²) in [6.07, 6.45) is 6.65. The van der Waals surface area contributed by atoms with E-state index >= 15 is 0 Å². The molecule has 0 bridgehead atoms. The molecule has 0 unspecified atom stereocenters. The largest absolute Gasteiger partial charge is 0.309 e. The Labute approximate surface area is 389 Å². The Morgan fingerprint density at radius 2 is 0.746 bits per heavy atom. The minimum Gasteiger partial charge on any atom is -0.309 e. The number of pyridine rings is 1. The molecule has 67 heavy (non-hydrogen) atoms. The Bertz CT molecular complexity index is 3700. The molecule has 3 nitrogen and oxygen atoms in total. The summed E-state index contributed by atoms with van der Waals surface area (Å²) >= 11 is 0. The van der Waals surface area contributed by atoms with Crippen molar-refractivity contribution in [1.82, 2.24) is 14.1 Å². The minimum atomic E-state index is -0.0224. The number of benzene rings is 9. The smallest absolute Gasteiger partial charge is 0.0702 e. The van der Waals surface area contributed by atoms with Crippen molar-refractivity contribution >= 4 is 43.6 Å². The molecule has 1 fully saturated rings. The van der Waals surface area contributed by atoms with E-state index in [4.69, 9.17) is 0 Å². The highest BCUT2D eigenvalue weighted by molar-refractivity contribution is 6.11. The first-order chi connectivity index (χ1) is 33.2. The zero-order chi connectivity index (χ0) is 44.1. The van der Waals surface area contributed by atoms with E-state index in [1.807, 2.05) is 12.3 Å². The number of para-hydroxylation sites is 4. The molecular weight excluding hydrogens is 811 g/mol. The highest BCUT2D eigenvalue weighted by Gasteiger charge is 2.45. The number of nitrogens with zero attached hydrogens (tertiary/aromatic N) is 3. The molecule has 0 atom stereocenters. The summed E-state index contributed by atoms with van der Waals surface area (Å²) in [5, 5.41) is 5.06. The SMILES string of the molecule is c1ccc(-c2cccc(-c3cccc(-c4ccc5c(c4)C4(CCCC4)c4cc(-c6cc(-n7c8ccccc8c8ccccc87)cc(-n7c8ccccc8c8ccccc87)c6)ccc4-5)c3)c2)nc1. The number of aromatic nitrogens is 3. The second-order valence-electron chi connectivity index (χ2n) is 18.7. The maximum absolute atomic E-state index is 4.62. The van der Waals surface area contributed by atoms with Gasteiger partial charge in [-0.05, 0) is 147 Å². The highest BCUT2D eigenvalue weighted by Crippen LogP contribution is 2.58. The molecule has 0 saturated heterocycles. The summed E-state index contributed by atoms with van der Waals surface area (Å²) < 4.78 is 4.95. The van der Waals surface area contributed by atoms with Gasteiger partial charge in [-0.1, -0.05) is 152 Å². The molecule has 0 amide bonds. The van der Waals surface area contributed by atoms with Crippen LogP contribution in [0.15, 0.2) is 225 Å². The van der Waals surface area contributed by atoms with Gasteiger partial charge in [-0.15, -0.1) is 0 Å². The molecule has 316 valence electrons. The molecule has 0 N–H and O–H groups in total. The Morgan fingerprint density at radius 1 is 0.328 bits per heavy atom. The van der Waals surface area contributed by atoms with Gasteiger partial charge in [0.25, 0.3) is 0 Å². The quantitative estimate of drug-likeness (QED) is 0.163. The topological polar surface area (TPSA) is 22.8 Å². The molecule has 2 aliphatic carbocycles. The van der Waals surface area contributed by atoms with Gasteiger partial charge >= 0.3 is 0 Å². The van der Waals surface area contributed by atoms with Crippen LogP contribution in [-0.4, -0.2) is 14.1 Å². The third-order valence-corrected chi connectivity index (χ3v) is 15.1. The van der Waals surface area contributed by atoms with Gasteiger partial charge in [-0.25, -0.2) is 0 Å². The Hall–Kier alpha value is -8.27. The summed E-state index contributed by atoms with van der Waals surface area (Å²) in [7, 11) is 0. The fourth-order valence-corrected chi connectivity index (χ4v) is 12.1. The highest BCUT2D eigenvalue weighted by atomic mass is 15.0. The van der Waals surface area contributed by atoms with E-state index in [0.717, 1.165) is 35.5 Å². The van der Waals surface area contributed by atoms with E-state index in [-0.39, 0.29) is 5.41 Å². The molecule has 3 heterocycles. The van der Waals surface area contributed by atoms with Crippen LogP contribution < -0.4 is 0 Å². The van der Waals surface area contributed by atoms with Crippen LogP contribution in [0.1, 0.15) is 36.8 Å². The predicted molar refractivity (Wildman–Crippen MR) is 279 cm³/mol. The third kappa shape index (κ3) is 5.87. The van der Waals surface area contributed by atoms with E-state index < -0.39 is 0 Å². The van der Waals surface area contributed by atoms with Gasteiger partial charge < -0.3 is 9.13 Å². The number of hydrogen-bond donors (Lipinski definition) is 0. The lowest BCUT2D eigenvalue weighted by Gasteiger charge is -2.27. The van der Waals surface area contributed by atoms with Crippen molar-refractivity contribution in [3.63, 3.8) is 0 Å². The van der Waals surface area contributed by atoms with Gasteiger partial charge in [0.1, 0.15) is 0 Å². The fourth-order valence-electron chi connectivity index (χ4n) is 12.1. The average Bonchev–Trinajstić information content (AvgIpc) is 4.17. The molecule has 1 spiro atoms. The van der Waals surface area contributed by atoms with Crippen LogP contribution in [0.25, 0.3) is 111 Å². The molecule has 3 aromatic heterocycles. The van der Waals surface area contributed by atoms with Crippen molar-refractivity contribution in [2.24, 2.45) is 0 Å². The lowest BCUT2D eigenvalue weighted by molar-refractivity contribution is 0.550. The van der Waals surface area contributed by atoms with E-state index in [0.29, 0.717) is 0 Å². The Morgan fingerprint density at radius 3 is 1.22 bits per heavy atom. The van der Waals surface area contributed by atoms with Gasteiger partial charge in [0.2, 0.25) is 0 Å². The van der Waals surface area contributed by atoms with E-state index in [1.54, 1.807) is 0 Å². The molecule has 0 aliphatic heterocycles. The van der Waals surface area contributed by atoms with Crippen molar-refractivity contribution in [2.45, 2.75) is 31.1 Å². The summed E-state index contributed by atoms with van der Waals surface area (Å²) in [5.74, 6) is 0. The molecule has 2 aliphatic rings. The number of rotatable bonds is 6. The van der Waals surface area contributed by atoms with E-state index in [1.165, 1.54) is 112 Å². The standard InChI is InChI=1S/C64H45N3/c1-5-24-60-53(19-1)54-20-2-6-25-61(54)66(60)49-37-48(38-50(41-49)67-62-26-7-3-21-55(62)56-22-4-8-27-63(56)67)46-29-31-52-51-30-28-45(39-57(51)64(58(52)40-46)32-10-11-33-64)43-16-13-15-42(35-43)44-17-14-18-47(36-44)59-23-9-12-34-65-59/h1-9,12-31,34-41H,10-11,32-33H2. The van der Waals surface area contributed by atoms with Crippen LogP contribution in [-0.2, 0) is 5.41 Å². The van der Waals surface area contributed by atoms with Crippen molar-refractivity contribution in [3.05, 3.63) is 236 Å². The molecule has 12 aromatic rings. The van der Waals surface area contributed by atoms with Gasteiger partial charge in [0.05, 0.1) is 27.8 Å². The summed E-state index contributed by atoms with van der Waals surface area (Å²) in [6.45, 7) is 0. The molecule has 9 aromatic carbocycles. The van der Waals surface area contributed by atoms with Gasteiger partial charge in [0, 0.05) is 50.1 Å². The van der Waals surface area contributed by atoms with Crippen LogP contribution in [0.2, 0.25) is 0 Å². The lowest BCUT2D eigenvalue weighted by Crippen LogP contribution is -2.20. The summed E-state index contributed by atoms with van der Waals surface area (Å²) in [5.41, 5.74) is 22.4. The van der Waals surface area contributed by atoms with Crippen LogP contribution in [0.5, 0.6) is 0 Å². The van der Waals surface area contributed by atoms with Crippen molar-refractivity contribution in [1.29, 1.82) is 0 Å². The average molecular weight is 856 g/mol. The Kier molecular flexibility index (Phi) is 8.45. The monoisotopic (exact) mass is 855 g/mol. The van der Waals surface area contributed by atoms with Crippen LogP contribution in [0.4, 0.5) is 0 Å². The van der Waals surface area contributed by atoms with Crippen molar-refractivity contribution < 1.29 is 0 Å². The van der Waals surface area contributed by atoms with E-state index in [2.05, 4.69) is 226 Å². The zero-order valence-electron chi connectivity index (χ0n) is 37.0. The molecule has 14 rings (SSSR count). The summed E-state index contributed by atoms with van der Waals surface area (Å²) in [4.78, 5) is 4.62. The molecule has 0 radical (unpaired) electrons. The lowest BCUT2D eigenvalue weighted by atomic mass is 9.75. The van der Waals surface area contributed by atoms with Gasteiger partial charge in [-0.2, -0.15) is 0 Å². The maximum Gasteiger partial charge on any atom is 0.0702 e. The van der Waals surface area contributed by atoms with Crippen LogP contribution in [0.3, 0.4) is 0 Å². The van der Waals surface area contributed by atoms with E-state index in [9.17, 15) is 0 Å². The second kappa shape index (κ2) is 14.9. The molecule has 3 heteroatoms. The zero-order valence-corrected chi connectivity index (χ0v) is 37.0. The first kappa shape index (κ1) is 38.0. The van der Waals surface area contributed by atoms with Crippen molar-refractivity contribution in [3.8, 4) is 67.1 Å².